The van der Waals surface area contributed by atoms with Crippen LogP contribution >= 0.6 is 0 Å². The van der Waals surface area contributed by atoms with Crippen molar-refractivity contribution in [2.75, 3.05) is 0 Å². The molecule has 0 aromatic heterocycles. The lowest BCUT2D eigenvalue weighted by Gasteiger charge is -2.18. The van der Waals surface area contributed by atoms with Crippen LogP contribution in [0.3, 0.4) is 0 Å². The first-order valence-corrected chi connectivity index (χ1v) is 8.71. The highest BCUT2D eigenvalue weighted by Crippen LogP contribution is 2.20. The average molecular weight is 329 g/mol. The summed E-state index contributed by atoms with van der Waals surface area (Å²) in [7, 11) is 0. The van der Waals surface area contributed by atoms with Crippen LogP contribution in [0.15, 0.2) is 59.0 Å². The zero-order valence-electron chi connectivity index (χ0n) is 14.1. The quantitative estimate of drug-likeness (QED) is 0.597. The molecule has 0 saturated carbocycles. The highest BCUT2D eigenvalue weighted by atomic mass is 32.2. The summed E-state index contributed by atoms with van der Waals surface area (Å²) in [5.74, 6) is 0.780. The molecule has 0 N–H and O–H groups in total. The zero-order chi connectivity index (χ0) is 16.9. The second-order valence-corrected chi connectivity index (χ2v) is 8.25. The largest absolute Gasteiger partial charge is 0.591 e. The van der Waals surface area contributed by atoms with Gasteiger partial charge in [0.25, 0.3) is 0 Å². The molecular formula is C19H23NO2S. The smallest absolute Gasteiger partial charge is 0.144 e. The predicted molar refractivity (Wildman–Crippen MR) is 97.3 cm³/mol. The van der Waals surface area contributed by atoms with Crippen LogP contribution in [-0.2, 0) is 18.0 Å². The molecule has 122 valence electrons. The molecule has 0 saturated heterocycles. The fraction of sp³-hybridized carbons (Fsp3) is 0.316. The van der Waals surface area contributed by atoms with E-state index in [2.05, 4.69) is 4.40 Å². The van der Waals surface area contributed by atoms with E-state index in [4.69, 9.17) is 4.74 Å². The van der Waals surface area contributed by atoms with Gasteiger partial charge in [0.2, 0.25) is 0 Å². The lowest BCUT2D eigenvalue weighted by Crippen LogP contribution is -2.26. The number of hydrogen-bond acceptors (Lipinski definition) is 3. The van der Waals surface area contributed by atoms with Crippen molar-refractivity contribution in [3.63, 3.8) is 0 Å². The molecule has 0 heterocycles. The van der Waals surface area contributed by atoms with Crippen LogP contribution in [0.5, 0.6) is 5.75 Å². The van der Waals surface area contributed by atoms with Crippen LogP contribution < -0.4 is 4.74 Å². The Hall–Kier alpha value is -1.78. The van der Waals surface area contributed by atoms with E-state index in [9.17, 15) is 4.55 Å². The first kappa shape index (κ1) is 17.6. The van der Waals surface area contributed by atoms with Crippen molar-refractivity contribution in [1.29, 1.82) is 0 Å². The van der Waals surface area contributed by atoms with Crippen molar-refractivity contribution in [2.45, 2.75) is 39.0 Å². The maximum Gasteiger partial charge on any atom is 0.144 e. The van der Waals surface area contributed by atoms with Gasteiger partial charge in [0.15, 0.2) is 0 Å². The van der Waals surface area contributed by atoms with E-state index in [0.29, 0.717) is 6.61 Å². The van der Waals surface area contributed by atoms with Gasteiger partial charge in [0, 0.05) is 5.56 Å². The van der Waals surface area contributed by atoms with Gasteiger partial charge in [0.1, 0.15) is 28.5 Å². The maximum absolute atomic E-state index is 12.1. The molecular weight excluding hydrogens is 306 g/mol. The SMILES string of the molecule is CC(=N[S+]([O-])C(C)(C)C)c1cccc(OCc2ccccc2)c1. The Morgan fingerprint density at radius 1 is 1.09 bits per heavy atom. The van der Waals surface area contributed by atoms with Gasteiger partial charge in [-0.05, 0) is 45.4 Å². The third-order valence-corrected chi connectivity index (χ3v) is 4.73. The lowest BCUT2D eigenvalue weighted by atomic mass is 10.1. The number of rotatable bonds is 5. The van der Waals surface area contributed by atoms with Crippen LogP contribution in [0.4, 0.5) is 0 Å². The first-order chi connectivity index (χ1) is 10.9. The molecule has 0 bridgehead atoms. The molecule has 0 radical (unpaired) electrons. The molecule has 23 heavy (non-hydrogen) atoms. The van der Waals surface area contributed by atoms with Crippen LogP contribution in [0.1, 0.15) is 38.8 Å². The van der Waals surface area contributed by atoms with Crippen molar-refractivity contribution in [1.82, 2.24) is 0 Å². The third-order valence-electron chi connectivity index (χ3n) is 3.24. The Morgan fingerprint density at radius 3 is 2.43 bits per heavy atom. The van der Waals surface area contributed by atoms with Crippen LogP contribution in [0.2, 0.25) is 0 Å². The van der Waals surface area contributed by atoms with Crippen LogP contribution in [0, 0.1) is 0 Å². The Balaban J connectivity index is 2.09. The van der Waals surface area contributed by atoms with Gasteiger partial charge < -0.3 is 9.29 Å². The molecule has 4 heteroatoms. The Bertz CT molecular complexity index is 663. The van der Waals surface area contributed by atoms with Gasteiger partial charge >= 0.3 is 0 Å². The number of benzene rings is 2. The standard InChI is InChI=1S/C19H23NO2S/c1-15(20-23(21)19(2,3)4)17-11-8-12-18(13-17)22-14-16-9-6-5-7-10-16/h5-13H,14H2,1-4H3. The minimum absolute atomic E-state index is 0.358. The monoisotopic (exact) mass is 329 g/mol. The predicted octanol–water partition coefficient (Wildman–Crippen LogP) is 4.54. The van der Waals surface area contributed by atoms with Crippen molar-refractivity contribution in [2.24, 2.45) is 4.40 Å². The fourth-order valence-corrected chi connectivity index (χ4v) is 2.49. The maximum atomic E-state index is 12.1. The van der Waals surface area contributed by atoms with Crippen LogP contribution in [-0.4, -0.2) is 15.0 Å². The van der Waals surface area contributed by atoms with Crippen molar-refractivity contribution >= 4 is 17.1 Å². The molecule has 0 amide bonds. The van der Waals surface area contributed by atoms with Gasteiger partial charge in [-0.3, -0.25) is 0 Å². The van der Waals surface area contributed by atoms with Gasteiger partial charge in [-0.2, -0.15) is 0 Å². The van der Waals surface area contributed by atoms with Gasteiger partial charge in [0.05, 0.1) is 5.71 Å². The molecule has 1 unspecified atom stereocenters. The molecule has 0 aliphatic heterocycles. The minimum Gasteiger partial charge on any atom is -0.591 e. The average Bonchev–Trinajstić information content (AvgIpc) is 2.53. The van der Waals surface area contributed by atoms with E-state index in [-0.39, 0.29) is 4.75 Å². The zero-order valence-corrected chi connectivity index (χ0v) is 14.9. The van der Waals surface area contributed by atoms with Gasteiger partial charge in [-0.1, -0.05) is 46.9 Å². The molecule has 2 aromatic rings. The van der Waals surface area contributed by atoms with E-state index in [0.717, 1.165) is 22.6 Å². The number of ether oxygens (including phenoxy) is 1. The molecule has 2 rings (SSSR count). The topological polar surface area (TPSA) is 44.7 Å². The van der Waals surface area contributed by atoms with Crippen molar-refractivity contribution in [3.8, 4) is 5.75 Å². The van der Waals surface area contributed by atoms with Crippen molar-refractivity contribution < 1.29 is 9.29 Å². The normalized spacial score (nSPS) is 13.7. The number of nitrogens with zero attached hydrogens (tertiary/aromatic N) is 1. The van der Waals surface area contributed by atoms with E-state index in [1.165, 1.54) is 0 Å². The molecule has 2 aromatic carbocycles. The molecule has 0 aliphatic rings. The summed E-state index contributed by atoms with van der Waals surface area (Å²) in [6.07, 6.45) is 0. The van der Waals surface area contributed by atoms with E-state index in [1.807, 2.05) is 82.3 Å². The Kier molecular flexibility index (Phi) is 5.85. The second kappa shape index (κ2) is 7.66. The fourth-order valence-electron chi connectivity index (χ4n) is 1.87. The highest BCUT2D eigenvalue weighted by molar-refractivity contribution is 7.91. The van der Waals surface area contributed by atoms with E-state index >= 15 is 0 Å². The Labute approximate surface area is 141 Å². The van der Waals surface area contributed by atoms with Crippen molar-refractivity contribution in [3.05, 3.63) is 65.7 Å². The van der Waals surface area contributed by atoms with Gasteiger partial charge in [-0.15, -0.1) is 0 Å². The first-order valence-electron chi connectivity index (χ1n) is 7.61. The summed E-state index contributed by atoms with van der Waals surface area (Å²) < 4.78 is 21.9. The molecule has 1 atom stereocenters. The molecule has 0 fully saturated rings. The van der Waals surface area contributed by atoms with Crippen LogP contribution in [0.25, 0.3) is 0 Å². The molecule has 3 nitrogen and oxygen atoms in total. The third kappa shape index (κ3) is 5.41. The van der Waals surface area contributed by atoms with E-state index < -0.39 is 11.4 Å². The highest BCUT2D eigenvalue weighted by Gasteiger charge is 2.26. The van der Waals surface area contributed by atoms with Gasteiger partial charge in [-0.25, -0.2) is 0 Å². The minimum atomic E-state index is -1.26. The summed E-state index contributed by atoms with van der Waals surface area (Å²) in [6, 6.07) is 17.8. The lowest BCUT2D eigenvalue weighted by molar-refractivity contribution is 0.306. The Morgan fingerprint density at radius 2 is 1.78 bits per heavy atom. The summed E-state index contributed by atoms with van der Waals surface area (Å²) in [6.45, 7) is 8.15. The summed E-state index contributed by atoms with van der Waals surface area (Å²) in [4.78, 5) is 0. The number of hydrogen-bond donors (Lipinski definition) is 0. The molecule has 0 spiro atoms. The second-order valence-electron chi connectivity index (χ2n) is 6.34. The van der Waals surface area contributed by atoms with E-state index in [1.54, 1.807) is 0 Å². The summed E-state index contributed by atoms with van der Waals surface area (Å²) >= 11 is -1.26. The molecule has 0 aliphatic carbocycles. The summed E-state index contributed by atoms with van der Waals surface area (Å²) in [5, 5.41) is 0. The summed E-state index contributed by atoms with van der Waals surface area (Å²) in [5.41, 5.74) is 2.80.